The fourth-order valence-corrected chi connectivity index (χ4v) is 3.56. The molecule has 0 aliphatic carbocycles. The van der Waals surface area contributed by atoms with Crippen molar-refractivity contribution >= 4 is 18.3 Å². The highest BCUT2D eigenvalue weighted by atomic mass is 35.5. The molecule has 0 spiro atoms. The van der Waals surface area contributed by atoms with Gasteiger partial charge in [-0.1, -0.05) is 5.21 Å². The Bertz CT molecular complexity index is 684. The second-order valence-corrected chi connectivity index (χ2v) is 6.37. The number of hydrogen-bond acceptors (Lipinski definition) is 5. The Hall–Kier alpha value is -1.96. The third-order valence-corrected chi connectivity index (χ3v) is 4.92. The van der Waals surface area contributed by atoms with Crippen LogP contribution in [0.15, 0.2) is 36.7 Å². The fourth-order valence-electron chi connectivity index (χ4n) is 3.56. The first kappa shape index (κ1) is 17.8. The van der Waals surface area contributed by atoms with Gasteiger partial charge in [0.15, 0.2) is 0 Å². The lowest BCUT2D eigenvalue weighted by molar-refractivity contribution is 0.0773. The number of amides is 1. The van der Waals surface area contributed by atoms with E-state index < -0.39 is 0 Å². The number of halogens is 1. The minimum Gasteiger partial charge on any atom is -0.337 e. The monoisotopic (exact) mass is 362 g/mol. The number of nitrogens with one attached hydrogen (secondary N) is 1. The van der Waals surface area contributed by atoms with Crippen LogP contribution in [0.5, 0.6) is 0 Å². The Kier molecular flexibility index (Phi) is 5.67. The molecule has 2 saturated heterocycles. The number of carbonyl (C=O) groups excluding carboxylic acids is 1. The van der Waals surface area contributed by atoms with Gasteiger partial charge in [-0.2, -0.15) is 0 Å². The van der Waals surface area contributed by atoms with Crippen molar-refractivity contribution in [2.24, 2.45) is 0 Å². The standard InChI is InChI=1S/C17H22N6O.ClH/c24-17(14-1-3-15(4-2-14)23-12-8-19-20-23)22-9-5-16(13-22)21-10-6-18-7-11-21;/h1-4,8,12,16,18H,5-7,9-11,13H2;1H. The van der Waals surface area contributed by atoms with E-state index in [0.29, 0.717) is 6.04 Å². The van der Waals surface area contributed by atoms with E-state index in [4.69, 9.17) is 0 Å². The fraction of sp³-hybridized carbons (Fsp3) is 0.471. The van der Waals surface area contributed by atoms with Crippen LogP contribution in [0.25, 0.3) is 5.69 Å². The second kappa shape index (κ2) is 7.95. The number of piperazine rings is 1. The van der Waals surface area contributed by atoms with Crippen LogP contribution in [0.2, 0.25) is 0 Å². The van der Waals surface area contributed by atoms with Crippen LogP contribution in [0.1, 0.15) is 16.8 Å². The van der Waals surface area contributed by atoms with Gasteiger partial charge in [0.1, 0.15) is 0 Å². The summed E-state index contributed by atoms with van der Waals surface area (Å²) in [5, 5.41) is 11.1. The third-order valence-electron chi connectivity index (χ3n) is 4.92. The maximum absolute atomic E-state index is 12.7. The predicted octanol–water partition coefficient (Wildman–Crippen LogP) is 0.809. The summed E-state index contributed by atoms with van der Waals surface area (Å²) in [6.07, 6.45) is 4.50. The summed E-state index contributed by atoms with van der Waals surface area (Å²) in [7, 11) is 0. The second-order valence-electron chi connectivity index (χ2n) is 6.37. The minimum absolute atomic E-state index is 0. The molecule has 3 heterocycles. The lowest BCUT2D eigenvalue weighted by atomic mass is 10.2. The molecule has 0 radical (unpaired) electrons. The molecule has 1 atom stereocenters. The molecule has 0 bridgehead atoms. The van der Waals surface area contributed by atoms with Crippen molar-refractivity contribution in [2.45, 2.75) is 12.5 Å². The number of carbonyl (C=O) groups is 1. The molecule has 8 heteroatoms. The van der Waals surface area contributed by atoms with Gasteiger partial charge >= 0.3 is 0 Å². The van der Waals surface area contributed by atoms with Gasteiger partial charge in [-0.25, -0.2) is 4.68 Å². The van der Waals surface area contributed by atoms with Crippen LogP contribution in [0.4, 0.5) is 0 Å². The summed E-state index contributed by atoms with van der Waals surface area (Å²) in [6, 6.07) is 8.07. The predicted molar refractivity (Wildman–Crippen MR) is 97.4 cm³/mol. The molecule has 2 aromatic rings. The number of hydrogen-bond donors (Lipinski definition) is 1. The van der Waals surface area contributed by atoms with Crippen LogP contribution >= 0.6 is 12.4 Å². The van der Waals surface area contributed by atoms with Gasteiger partial charge < -0.3 is 10.2 Å². The Morgan fingerprint density at radius 1 is 1.12 bits per heavy atom. The molecular formula is C17H23ClN6O. The van der Waals surface area contributed by atoms with Crippen LogP contribution in [-0.2, 0) is 0 Å². The first-order chi connectivity index (χ1) is 11.8. The van der Waals surface area contributed by atoms with Gasteiger partial charge in [-0.05, 0) is 30.7 Å². The Morgan fingerprint density at radius 2 is 1.88 bits per heavy atom. The lowest BCUT2D eigenvalue weighted by Crippen LogP contribution is -2.49. The molecule has 4 rings (SSSR count). The van der Waals surface area contributed by atoms with E-state index >= 15 is 0 Å². The van der Waals surface area contributed by atoms with E-state index in [2.05, 4.69) is 20.5 Å². The maximum atomic E-state index is 12.7. The van der Waals surface area contributed by atoms with Crippen LogP contribution in [0, 0.1) is 0 Å². The van der Waals surface area contributed by atoms with Crippen LogP contribution in [0.3, 0.4) is 0 Å². The SMILES string of the molecule is Cl.O=C(c1ccc(-n2ccnn2)cc1)N1CCC(N2CCNCC2)C1. The normalized spacial score (nSPS) is 21.1. The van der Waals surface area contributed by atoms with Gasteiger partial charge in [0, 0.05) is 50.9 Å². The maximum Gasteiger partial charge on any atom is 0.253 e. The summed E-state index contributed by atoms with van der Waals surface area (Å²) in [4.78, 5) is 17.2. The van der Waals surface area contributed by atoms with Gasteiger partial charge in [0.2, 0.25) is 0 Å². The first-order valence-electron chi connectivity index (χ1n) is 8.52. The first-order valence-corrected chi connectivity index (χ1v) is 8.52. The molecule has 134 valence electrons. The average Bonchev–Trinajstić information content (AvgIpc) is 3.34. The van der Waals surface area contributed by atoms with Crippen LogP contribution in [-0.4, -0.2) is 76.0 Å². The van der Waals surface area contributed by atoms with E-state index in [0.717, 1.165) is 56.9 Å². The summed E-state index contributed by atoms with van der Waals surface area (Å²) in [6.45, 7) is 5.95. The molecule has 7 nitrogen and oxygen atoms in total. The molecule has 2 aliphatic heterocycles. The van der Waals surface area contributed by atoms with E-state index in [1.165, 1.54) is 0 Å². The molecule has 1 unspecified atom stereocenters. The minimum atomic E-state index is 0. The van der Waals surface area contributed by atoms with Crippen LogP contribution < -0.4 is 5.32 Å². The molecule has 1 amide bonds. The largest absolute Gasteiger partial charge is 0.337 e. The van der Waals surface area contributed by atoms with Crippen molar-refractivity contribution in [3.8, 4) is 5.69 Å². The zero-order chi connectivity index (χ0) is 16.4. The van der Waals surface area contributed by atoms with Gasteiger partial charge in [0.05, 0.1) is 18.1 Å². The Morgan fingerprint density at radius 3 is 2.56 bits per heavy atom. The van der Waals surface area contributed by atoms with Crippen molar-refractivity contribution in [1.82, 2.24) is 30.1 Å². The number of likely N-dealkylation sites (tertiary alicyclic amines) is 1. The molecule has 1 aromatic heterocycles. The highest BCUT2D eigenvalue weighted by Crippen LogP contribution is 2.19. The summed E-state index contributed by atoms with van der Waals surface area (Å²) in [5.41, 5.74) is 1.64. The van der Waals surface area contributed by atoms with Gasteiger partial charge in [0.25, 0.3) is 5.91 Å². The number of nitrogens with zero attached hydrogens (tertiary/aromatic N) is 5. The zero-order valence-corrected chi connectivity index (χ0v) is 14.9. The van der Waals surface area contributed by atoms with E-state index in [1.54, 1.807) is 17.1 Å². The van der Waals surface area contributed by atoms with E-state index in [-0.39, 0.29) is 18.3 Å². The highest BCUT2D eigenvalue weighted by Gasteiger charge is 2.31. The Labute approximate surface area is 153 Å². The van der Waals surface area contributed by atoms with Crippen molar-refractivity contribution in [1.29, 1.82) is 0 Å². The topological polar surface area (TPSA) is 66.3 Å². The highest BCUT2D eigenvalue weighted by molar-refractivity contribution is 5.94. The molecule has 0 saturated carbocycles. The lowest BCUT2D eigenvalue weighted by Gasteiger charge is -2.32. The molecule has 25 heavy (non-hydrogen) atoms. The molecule has 1 N–H and O–H groups in total. The molecule has 2 fully saturated rings. The quantitative estimate of drug-likeness (QED) is 0.875. The summed E-state index contributed by atoms with van der Waals surface area (Å²) in [5.74, 6) is 0.123. The van der Waals surface area contributed by atoms with Crippen molar-refractivity contribution in [3.63, 3.8) is 0 Å². The van der Waals surface area contributed by atoms with E-state index in [1.807, 2.05) is 29.2 Å². The average molecular weight is 363 g/mol. The Balaban J connectivity index is 0.00000182. The molecular weight excluding hydrogens is 340 g/mol. The van der Waals surface area contributed by atoms with Crippen molar-refractivity contribution < 1.29 is 4.79 Å². The van der Waals surface area contributed by atoms with Crippen molar-refractivity contribution in [3.05, 3.63) is 42.2 Å². The zero-order valence-electron chi connectivity index (χ0n) is 14.0. The van der Waals surface area contributed by atoms with Gasteiger partial charge in [-0.3, -0.25) is 9.69 Å². The number of rotatable bonds is 3. The summed E-state index contributed by atoms with van der Waals surface area (Å²) >= 11 is 0. The number of aromatic nitrogens is 3. The number of benzene rings is 1. The third kappa shape index (κ3) is 3.84. The smallest absolute Gasteiger partial charge is 0.253 e. The molecule has 1 aromatic carbocycles. The summed E-state index contributed by atoms with van der Waals surface area (Å²) < 4.78 is 1.69. The van der Waals surface area contributed by atoms with Gasteiger partial charge in [-0.15, -0.1) is 17.5 Å². The van der Waals surface area contributed by atoms with E-state index in [9.17, 15) is 4.79 Å². The molecule has 2 aliphatic rings. The van der Waals surface area contributed by atoms with Crippen molar-refractivity contribution in [2.75, 3.05) is 39.3 Å².